The lowest BCUT2D eigenvalue weighted by Crippen LogP contribution is -2.00. The van der Waals surface area contributed by atoms with Crippen molar-refractivity contribution in [3.8, 4) is 5.75 Å². The van der Waals surface area contributed by atoms with Crippen LogP contribution in [0.4, 0.5) is 0 Å². The van der Waals surface area contributed by atoms with Crippen LogP contribution in [-0.2, 0) is 16.0 Å². The van der Waals surface area contributed by atoms with E-state index in [0.717, 1.165) is 18.5 Å². The van der Waals surface area contributed by atoms with Gasteiger partial charge in [0.05, 0.1) is 18.5 Å². The summed E-state index contributed by atoms with van der Waals surface area (Å²) in [5.74, 6) is -1.84. The van der Waals surface area contributed by atoms with Crippen LogP contribution in [-0.4, -0.2) is 32.2 Å². The molecule has 6 heteroatoms. The molecule has 0 atom stereocenters. The van der Waals surface area contributed by atoms with Gasteiger partial charge in [0.2, 0.25) is 0 Å². The van der Waals surface area contributed by atoms with Gasteiger partial charge in [-0.1, -0.05) is 13.3 Å². The van der Waals surface area contributed by atoms with E-state index in [1.54, 1.807) is 18.3 Å². The topological polar surface area (TPSA) is 108 Å². The maximum Gasteiger partial charge on any atom is 0.303 e. The highest BCUT2D eigenvalue weighted by Gasteiger charge is 2.00. The van der Waals surface area contributed by atoms with Gasteiger partial charge in [0, 0.05) is 6.20 Å². The Morgan fingerprint density at radius 3 is 2.17 bits per heavy atom. The quantitative estimate of drug-likeness (QED) is 0.738. The van der Waals surface area contributed by atoms with Crippen LogP contribution in [0.3, 0.4) is 0 Å². The number of aliphatic carboxylic acids is 2. The van der Waals surface area contributed by atoms with Crippen LogP contribution in [0.1, 0.15) is 31.9 Å². The molecule has 3 N–H and O–H groups in total. The zero-order valence-corrected chi connectivity index (χ0v) is 10.2. The van der Waals surface area contributed by atoms with E-state index >= 15 is 0 Å². The molecule has 0 aromatic carbocycles. The predicted molar refractivity (Wildman–Crippen MR) is 64.4 cm³/mol. The number of carboxylic acid groups (broad SMARTS) is 2. The smallest absolute Gasteiger partial charge is 0.303 e. The molecule has 6 nitrogen and oxygen atoms in total. The highest BCUT2D eigenvalue weighted by Crippen LogP contribution is 2.13. The Hall–Kier alpha value is -2.11. The summed E-state index contributed by atoms with van der Waals surface area (Å²) >= 11 is 0. The molecule has 100 valence electrons. The molecule has 1 rings (SSSR count). The first-order chi connectivity index (χ1) is 8.47. The number of hydrogen-bond acceptors (Lipinski definition) is 4. The second-order valence-corrected chi connectivity index (χ2v) is 3.51. The Kier molecular flexibility index (Phi) is 7.92. The average Bonchev–Trinajstić information content (AvgIpc) is 2.31. The van der Waals surface area contributed by atoms with Gasteiger partial charge < -0.3 is 15.3 Å². The summed E-state index contributed by atoms with van der Waals surface area (Å²) in [5.41, 5.74) is 0.796. The van der Waals surface area contributed by atoms with E-state index in [4.69, 9.17) is 10.2 Å². The van der Waals surface area contributed by atoms with Gasteiger partial charge in [-0.15, -0.1) is 0 Å². The summed E-state index contributed by atoms with van der Waals surface area (Å²) in [7, 11) is 0. The van der Waals surface area contributed by atoms with E-state index in [9.17, 15) is 14.7 Å². The fourth-order valence-corrected chi connectivity index (χ4v) is 1.07. The summed E-state index contributed by atoms with van der Waals surface area (Å²) in [6.45, 7) is 2.06. The minimum atomic E-state index is -1.08. The largest absolute Gasteiger partial charge is 0.506 e. The molecule has 1 heterocycles. The molecule has 1 aromatic rings. The van der Waals surface area contributed by atoms with Gasteiger partial charge in [-0.05, 0) is 18.6 Å². The second-order valence-electron chi connectivity index (χ2n) is 3.51. The summed E-state index contributed by atoms with van der Waals surface area (Å²) in [6, 6.07) is 3.40. The lowest BCUT2D eigenvalue weighted by molar-refractivity contribution is -0.143. The number of rotatable bonds is 5. The minimum absolute atomic E-state index is 0.296. The molecule has 0 bridgehead atoms. The van der Waals surface area contributed by atoms with Crippen molar-refractivity contribution in [1.82, 2.24) is 4.98 Å². The minimum Gasteiger partial charge on any atom is -0.506 e. The zero-order valence-electron chi connectivity index (χ0n) is 10.2. The van der Waals surface area contributed by atoms with Crippen molar-refractivity contribution in [2.75, 3.05) is 0 Å². The van der Waals surface area contributed by atoms with E-state index in [1.165, 1.54) is 0 Å². The molecule has 18 heavy (non-hydrogen) atoms. The molecule has 0 spiro atoms. The van der Waals surface area contributed by atoms with Gasteiger partial charge in [-0.25, -0.2) is 0 Å². The van der Waals surface area contributed by atoms with Crippen molar-refractivity contribution in [2.45, 2.75) is 32.6 Å². The first-order valence-corrected chi connectivity index (χ1v) is 5.53. The molecule has 0 radical (unpaired) electrons. The average molecular weight is 255 g/mol. The predicted octanol–water partition coefficient (Wildman–Crippen LogP) is 1.68. The maximum absolute atomic E-state index is 9.64. The Morgan fingerprint density at radius 2 is 1.78 bits per heavy atom. The van der Waals surface area contributed by atoms with E-state index in [2.05, 4.69) is 11.9 Å². The van der Waals surface area contributed by atoms with Crippen molar-refractivity contribution in [3.63, 3.8) is 0 Å². The van der Waals surface area contributed by atoms with E-state index in [-0.39, 0.29) is 12.8 Å². The molecule has 0 aliphatic carbocycles. The van der Waals surface area contributed by atoms with Crippen LogP contribution in [0.25, 0.3) is 0 Å². The number of pyridine rings is 1. The molecule has 0 aliphatic rings. The lowest BCUT2D eigenvalue weighted by Gasteiger charge is -1.98. The summed E-state index contributed by atoms with van der Waals surface area (Å²) < 4.78 is 0. The van der Waals surface area contributed by atoms with Crippen LogP contribution in [0.5, 0.6) is 5.75 Å². The van der Waals surface area contributed by atoms with Gasteiger partial charge in [-0.3, -0.25) is 14.6 Å². The molecular formula is C12H17NO5. The first-order valence-electron chi connectivity index (χ1n) is 5.53. The lowest BCUT2D eigenvalue weighted by atomic mass is 10.2. The van der Waals surface area contributed by atoms with Gasteiger partial charge in [0.25, 0.3) is 0 Å². The molecule has 0 fully saturated rings. The number of aryl methyl sites for hydroxylation is 1. The summed E-state index contributed by atoms with van der Waals surface area (Å²) in [6.07, 6.45) is 2.98. The summed E-state index contributed by atoms with van der Waals surface area (Å²) in [5, 5.41) is 25.0. The molecular weight excluding hydrogens is 238 g/mol. The first kappa shape index (κ1) is 15.9. The second kappa shape index (κ2) is 8.98. The molecule has 0 saturated heterocycles. The van der Waals surface area contributed by atoms with Gasteiger partial charge in [-0.2, -0.15) is 0 Å². The van der Waals surface area contributed by atoms with Crippen molar-refractivity contribution in [2.24, 2.45) is 0 Å². The molecule has 0 aliphatic heterocycles. The highest BCUT2D eigenvalue weighted by atomic mass is 16.4. The Labute approximate surface area is 105 Å². The van der Waals surface area contributed by atoms with Crippen LogP contribution in [0.2, 0.25) is 0 Å². The number of carbonyl (C=O) groups is 2. The third-order valence-electron chi connectivity index (χ3n) is 1.91. The number of aromatic hydroxyl groups is 1. The summed E-state index contributed by atoms with van der Waals surface area (Å²) in [4.78, 5) is 23.3. The molecule has 1 aromatic heterocycles. The van der Waals surface area contributed by atoms with Crippen LogP contribution < -0.4 is 0 Å². The van der Waals surface area contributed by atoms with Gasteiger partial charge in [0.15, 0.2) is 0 Å². The van der Waals surface area contributed by atoms with Crippen molar-refractivity contribution >= 4 is 11.9 Å². The standard InChI is InChI=1S/C8H11NO.C4H6O4/c1-2-4-7-8(10)5-3-6-9-7;5-3(6)1-2-4(7)8/h3,5-6,10H,2,4H2,1H3;1-2H2,(H,5,6)(H,7,8). The van der Waals surface area contributed by atoms with Crippen LogP contribution in [0, 0.1) is 0 Å². The third-order valence-corrected chi connectivity index (χ3v) is 1.91. The fraction of sp³-hybridized carbons (Fsp3) is 0.417. The Balaban J connectivity index is 0.000000331. The zero-order chi connectivity index (χ0) is 14.0. The number of hydrogen-bond donors (Lipinski definition) is 3. The van der Waals surface area contributed by atoms with Crippen molar-refractivity contribution < 1.29 is 24.9 Å². The molecule has 0 amide bonds. The SMILES string of the molecule is CCCc1ncccc1O.O=C(O)CCC(=O)O. The maximum atomic E-state index is 9.64. The van der Waals surface area contributed by atoms with E-state index in [0.29, 0.717) is 5.75 Å². The van der Waals surface area contributed by atoms with E-state index < -0.39 is 11.9 Å². The van der Waals surface area contributed by atoms with Crippen molar-refractivity contribution in [3.05, 3.63) is 24.0 Å². The normalized spacial score (nSPS) is 9.17. The van der Waals surface area contributed by atoms with Gasteiger partial charge in [0.1, 0.15) is 5.75 Å². The van der Waals surface area contributed by atoms with Crippen LogP contribution >= 0.6 is 0 Å². The molecule has 0 unspecified atom stereocenters. The number of carboxylic acids is 2. The molecule has 0 saturated carbocycles. The number of aromatic nitrogens is 1. The fourth-order valence-electron chi connectivity index (χ4n) is 1.07. The van der Waals surface area contributed by atoms with E-state index in [1.807, 2.05) is 0 Å². The Morgan fingerprint density at radius 1 is 1.22 bits per heavy atom. The van der Waals surface area contributed by atoms with Crippen LogP contribution in [0.15, 0.2) is 18.3 Å². The Bertz CT molecular complexity index is 378. The third kappa shape index (κ3) is 8.09. The van der Waals surface area contributed by atoms with Gasteiger partial charge >= 0.3 is 11.9 Å². The highest BCUT2D eigenvalue weighted by molar-refractivity contribution is 5.75. The monoisotopic (exact) mass is 255 g/mol. The number of nitrogens with zero attached hydrogens (tertiary/aromatic N) is 1. The van der Waals surface area contributed by atoms with Crippen molar-refractivity contribution in [1.29, 1.82) is 0 Å².